The summed E-state index contributed by atoms with van der Waals surface area (Å²) in [6, 6.07) is 13.5. The van der Waals surface area contributed by atoms with Crippen molar-refractivity contribution >= 4 is 17.3 Å². The van der Waals surface area contributed by atoms with Crippen molar-refractivity contribution in [2.45, 2.75) is 6.54 Å². The third-order valence-electron chi connectivity index (χ3n) is 2.95. The lowest BCUT2D eigenvalue weighted by molar-refractivity contribution is -0.384. The average molecular weight is 300 g/mol. The van der Waals surface area contributed by atoms with Gasteiger partial charge < -0.3 is 15.8 Å². The highest BCUT2D eigenvalue weighted by atomic mass is 16.6. The second-order valence-corrected chi connectivity index (χ2v) is 4.45. The number of nitrogens with one attached hydrogen (secondary N) is 1. The number of non-ortho nitro benzene ring substituents is 1. The van der Waals surface area contributed by atoms with E-state index in [1.54, 1.807) is 19.2 Å². The Bertz CT molecular complexity index is 683. The summed E-state index contributed by atoms with van der Waals surface area (Å²) in [5, 5.41) is 13.5. The van der Waals surface area contributed by atoms with Crippen molar-refractivity contribution in [2.24, 2.45) is 10.7 Å². The van der Waals surface area contributed by atoms with Crippen LogP contribution in [0.15, 0.2) is 53.5 Å². The number of rotatable bonds is 5. The molecule has 7 heteroatoms. The van der Waals surface area contributed by atoms with Gasteiger partial charge in [-0.25, -0.2) is 4.99 Å². The van der Waals surface area contributed by atoms with E-state index in [0.717, 1.165) is 11.3 Å². The second kappa shape index (κ2) is 7.07. The van der Waals surface area contributed by atoms with E-state index in [-0.39, 0.29) is 11.6 Å². The Kier molecular flexibility index (Phi) is 4.92. The summed E-state index contributed by atoms with van der Waals surface area (Å²) in [6.45, 7) is 0.325. The molecule has 0 saturated heterocycles. The first-order chi connectivity index (χ1) is 10.6. The number of ether oxygens (including phenoxy) is 1. The monoisotopic (exact) mass is 300 g/mol. The van der Waals surface area contributed by atoms with Crippen molar-refractivity contribution in [1.29, 1.82) is 0 Å². The van der Waals surface area contributed by atoms with Crippen molar-refractivity contribution in [1.82, 2.24) is 0 Å². The van der Waals surface area contributed by atoms with E-state index in [2.05, 4.69) is 10.3 Å². The lowest BCUT2D eigenvalue weighted by atomic mass is 10.2. The van der Waals surface area contributed by atoms with Crippen LogP contribution in [0.4, 0.5) is 11.4 Å². The highest BCUT2D eigenvalue weighted by Crippen LogP contribution is 2.22. The number of methoxy groups -OCH3 is 1. The summed E-state index contributed by atoms with van der Waals surface area (Å²) in [5.74, 6) is 0.902. The van der Waals surface area contributed by atoms with Crippen LogP contribution >= 0.6 is 0 Å². The molecule has 114 valence electrons. The van der Waals surface area contributed by atoms with Gasteiger partial charge in [0.2, 0.25) is 0 Å². The van der Waals surface area contributed by atoms with Gasteiger partial charge in [-0.2, -0.15) is 0 Å². The summed E-state index contributed by atoms with van der Waals surface area (Å²) in [6.07, 6.45) is 0. The Morgan fingerprint density at radius 2 is 1.95 bits per heavy atom. The molecule has 0 unspecified atom stereocenters. The third-order valence-corrected chi connectivity index (χ3v) is 2.95. The molecule has 0 bridgehead atoms. The van der Waals surface area contributed by atoms with Crippen molar-refractivity contribution in [2.75, 3.05) is 12.4 Å². The van der Waals surface area contributed by atoms with Gasteiger partial charge in [-0.05, 0) is 17.7 Å². The Labute approximate surface area is 127 Å². The van der Waals surface area contributed by atoms with E-state index in [4.69, 9.17) is 10.5 Å². The minimum Gasteiger partial charge on any atom is -0.495 e. The van der Waals surface area contributed by atoms with E-state index >= 15 is 0 Å². The normalized spacial score (nSPS) is 11.0. The molecule has 0 fully saturated rings. The first kappa shape index (κ1) is 15.3. The molecule has 2 aromatic rings. The second-order valence-electron chi connectivity index (χ2n) is 4.45. The zero-order valence-electron chi connectivity index (χ0n) is 12.0. The number of hydrogen-bond acceptors (Lipinski definition) is 4. The highest BCUT2D eigenvalue weighted by Gasteiger charge is 2.04. The van der Waals surface area contributed by atoms with Gasteiger partial charge in [-0.1, -0.05) is 24.3 Å². The molecule has 0 atom stereocenters. The zero-order chi connectivity index (χ0) is 15.9. The van der Waals surface area contributed by atoms with Crippen molar-refractivity contribution in [3.8, 4) is 5.75 Å². The molecule has 0 saturated carbocycles. The lowest BCUT2D eigenvalue weighted by Crippen LogP contribution is -2.22. The number of benzene rings is 2. The number of aliphatic imine (C=N–C) groups is 1. The van der Waals surface area contributed by atoms with Gasteiger partial charge in [0.15, 0.2) is 5.96 Å². The molecule has 0 amide bonds. The zero-order valence-corrected chi connectivity index (χ0v) is 12.0. The first-order valence-electron chi connectivity index (χ1n) is 6.53. The maximum Gasteiger partial charge on any atom is 0.269 e. The SMILES string of the molecule is COc1ccccc1NC(N)=NCc1ccc([N+](=O)[O-])cc1. The molecular weight excluding hydrogens is 284 g/mol. The van der Waals surface area contributed by atoms with Crippen LogP contribution < -0.4 is 15.8 Å². The largest absolute Gasteiger partial charge is 0.495 e. The van der Waals surface area contributed by atoms with Crippen LogP contribution in [0.3, 0.4) is 0 Å². The van der Waals surface area contributed by atoms with Crippen LogP contribution in [0.2, 0.25) is 0 Å². The van der Waals surface area contributed by atoms with Crippen LogP contribution in [0.1, 0.15) is 5.56 Å². The molecule has 0 aliphatic heterocycles. The summed E-state index contributed by atoms with van der Waals surface area (Å²) >= 11 is 0. The molecule has 2 aromatic carbocycles. The fraction of sp³-hybridized carbons (Fsp3) is 0.133. The Morgan fingerprint density at radius 3 is 2.59 bits per heavy atom. The fourth-order valence-electron chi connectivity index (χ4n) is 1.82. The molecule has 0 aliphatic carbocycles. The fourth-order valence-corrected chi connectivity index (χ4v) is 1.82. The van der Waals surface area contributed by atoms with Gasteiger partial charge in [0.1, 0.15) is 5.75 Å². The maximum atomic E-state index is 10.6. The van der Waals surface area contributed by atoms with Gasteiger partial charge in [0.05, 0.1) is 24.3 Å². The third kappa shape index (κ3) is 3.95. The predicted octanol–water partition coefficient (Wildman–Crippen LogP) is 2.53. The number of hydrogen-bond donors (Lipinski definition) is 2. The number of para-hydroxylation sites is 2. The Hall–Kier alpha value is -3.09. The number of nitro benzene ring substituents is 1. The Balaban J connectivity index is 2.02. The van der Waals surface area contributed by atoms with Crippen LogP contribution in [-0.2, 0) is 6.54 Å². The number of nitrogens with zero attached hydrogens (tertiary/aromatic N) is 2. The minimum absolute atomic E-state index is 0.0489. The molecular formula is C15H16N4O3. The highest BCUT2D eigenvalue weighted by molar-refractivity contribution is 5.93. The first-order valence-corrected chi connectivity index (χ1v) is 6.53. The average Bonchev–Trinajstić information content (AvgIpc) is 2.54. The minimum atomic E-state index is -0.440. The number of guanidine groups is 1. The summed E-state index contributed by atoms with van der Waals surface area (Å²) in [5.41, 5.74) is 7.43. The number of nitro groups is 1. The number of nitrogens with two attached hydrogens (primary N) is 1. The maximum absolute atomic E-state index is 10.6. The molecule has 3 N–H and O–H groups in total. The van der Waals surface area contributed by atoms with Crippen molar-refractivity contribution in [3.63, 3.8) is 0 Å². The van der Waals surface area contributed by atoms with E-state index in [9.17, 15) is 10.1 Å². The van der Waals surface area contributed by atoms with Gasteiger partial charge in [0, 0.05) is 12.1 Å². The number of anilines is 1. The van der Waals surface area contributed by atoms with Crippen molar-refractivity contribution in [3.05, 3.63) is 64.2 Å². The van der Waals surface area contributed by atoms with Crippen molar-refractivity contribution < 1.29 is 9.66 Å². The molecule has 2 rings (SSSR count). The van der Waals surface area contributed by atoms with Gasteiger partial charge in [-0.15, -0.1) is 0 Å². The van der Waals surface area contributed by atoms with Gasteiger partial charge in [-0.3, -0.25) is 10.1 Å². The standard InChI is InChI=1S/C15H16N4O3/c1-22-14-5-3-2-4-13(14)18-15(16)17-10-11-6-8-12(9-7-11)19(20)21/h2-9H,10H2,1H3,(H3,16,17,18). The molecule has 0 aromatic heterocycles. The molecule has 0 spiro atoms. The van der Waals surface area contributed by atoms with Crippen LogP contribution in [0.5, 0.6) is 5.75 Å². The molecule has 0 aliphatic rings. The summed E-state index contributed by atoms with van der Waals surface area (Å²) in [7, 11) is 1.57. The molecule has 0 heterocycles. The summed E-state index contributed by atoms with van der Waals surface area (Å²) in [4.78, 5) is 14.3. The molecule has 0 radical (unpaired) electrons. The van der Waals surface area contributed by atoms with Crippen LogP contribution in [-0.4, -0.2) is 18.0 Å². The molecule has 7 nitrogen and oxygen atoms in total. The van der Waals surface area contributed by atoms with E-state index in [0.29, 0.717) is 12.3 Å². The van der Waals surface area contributed by atoms with E-state index in [1.165, 1.54) is 12.1 Å². The van der Waals surface area contributed by atoms with Crippen LogP contribution in [0.25, 0.3) is 0 Å². The topological polar surface area (TPSA) is 103 Å². The summed E-state index contributed by atoms with van der Waals surface area (Å²) < 4.78 is 5.21. The van der Waals surface area contributed by atoms with Gasteiger partial charge >= 0.3 is 0 Å². The lowest BCUT2D eigenvalue weighted by Gasteiger charge is -2.10. The predicted molar refractivity (Wildman–Crippen MR) is 85.0 cm³/mol. The van der Waals surface area contributed by atoms with Crippen LogP contribution in [0, 0.1) is 10.1 Å². The molecule has 22 heavy (non-hydrogen) atoms. The van der Waals surface area contributed by atoms with Gasteiger partial charge in [0.25, 0.3) is 5.69 Å². The Morgan fingerprint density at radius 1 is 1.27 bits per heavy atom. The van der Waals surface area contributed by atoms with E-state index in [1.807, 2.05) is 24.3 Å². The van der Waals surface area contributed by atoms with E-state index < -0.39 is 4.92 Å². The quantitative estimate of drug-likeness (QED) is 0.382. The smallest absolute Gasteiger partial charge is 0.269 e.